The topological polar surface area (TPSA) is 45.8 Å². The van der Waals surface area contributed by atoms with E-state index in [9.17, 15) is 4.79 Å². The number of carbonyl (C=O) groups excluding carboxylic acids is 1. The molecule has 1 aliphatic carbocycles. The lowest BCUT2D eigenvalue weighted by Gasteiger charge is -2.18. The highest BCUT2D eigenvalue weighted by Crippen LogP contribution is 2.31. The molecule has 0 aromatic carbocycles. The summed E-state index contributed by atoms with van der Waals surface area (Å²) in [6.07, 6.45) is 6.24. The van der Waals surface area contributed by atoms with E-state index in [1.54, 1.807) is 18.7 Å². The highest BCUT2D eigenvalue weighted by Gasteiger charge is 2.23. The zero-order chi connectivity index (χ0) is 12.3. The first kappa shape index (κ1) is 11.6. The fourth-order valence-corrected chi connectivity index (χ4v) is 1.88. The third-order valence-corrected chi connectivity index (χ3v) is 2.63. The molecule has 0 N–H and O–H groups in total. The largest absolute Gasteiger partial charge is 0.469 e. The molecule has 1 atom stereocenters. The van der Waals surface area contributed by atoms with Crippen molar-refractivity contribution in [3.05, 3.63) is 35.9 Å². The van der Waals surface area contributed by atoms with E-state index >= 15 is 0 Å². The van der Waals surface area contributed by atoms with E-state index in [2.05, 4.69) is 4.99 Å². The first-order chi connectivity index (χ1) is 8.15. The zero-order valence-electron chi connectivity index (χ0n) is 10.1. The second-order valence-electron chi connectivity index (χ2n) is 4.43. The molecule has 0 amide bonds. The maximum absolute atomic E-state index is 11.6. The molecule has 1 heterocycles. The third kappa shape index (κ3) is 3.06. The van der Waals surface area contributed by atoms with E-state index < -0.39 is 0 Å². The summed E-state index contributed by atoms with van der Waals surface area (Å²) in [6, 6.07) is 3.76. The molecule has 17 heavy (non-hydrogen) atoms. The van der Waals surface area contributed by atoms with Crippen LogP contribution in [0.5, 0.6) is 0 Å². The summed E-state index contributed by atoms with van der Waals surface area (Å²) in [7, 11) is 3.80. The highest BCUT2D eigenvalue weighted by molar-refractivity contribution is 5.92. The van der Waals surface area contributed by atoms with Gasteiger partial charge in [-0.05, 0) is 12.1 Å². The fraction of sp³-hybridized carbons (Fsp3) is 0.385. The van der Waals surface area contributed by atoms with Crippen LogP contribution in [0.1, 0.15) is 24.5 Å². The molecule has 4 nitrogen and oxygen atoms in total. The van der Waals surface area contributed by atoms with Gasteiger partial charge in [-0.1, -0.05) is 0 Å². The van der Waals surface area contributed by atoms with E-state index in [1.165, 1.54) is 0 Å². The molecule has 0 radical (unpaired) electrons. The van der Waals surface area contributed by atoms with Crippen molar-refractivity contribution >= 4 is 12.1 Å². The molecule has 90 valence electrons. The average Bonchev–Trinajstić information content (AvgIpc) is 2.79. The van der Waals surface area contributed by atoms with Crippen molar-refractivity contribution in [3.8, 4) is 0 Å². The summed E-state index contributed by atoms with van der Waals surface area (Å²) < 4.78 is 5.35. The molecule has 4 heteroatoms. The van der Waals surface area contributed by atoms with E-state index in [0.29, 0.717) is 6.42 Å². The summed E-state index contributed by atoms with van der Waals surface area (Å²) in [5.74, 6) is 1.10. The number of nitrogens with zero attached hydrogens (tertiary/aromatic N) is 2. The molecule has 0 bridgehead atoms. The molecule has 0 saturated carbocycles. The SMILES string of the molecule is CN(C)C=NC1=CC(=O)CC(c2ccco2)C1. The molecular formula is C13H16N2O2. The Morgan fingerprint density at radius 2 is 2.29 bits per heavy atom. The van der Waals surface area contributed by atoms with Crippen molar-refractivity contribution in [1.29, 1.82) is 0 Å². The Bertz CT molecular complexity index is 444. The molecule has 0 spiro atoms. The number of hydrogen-bond acceptors (Lipinski definition) is 3. The van der Waals surface area contributed by atoms with Gasteiger partial charge in [0.1, 0.15) is 5.76 Å². The van der Waals surface area contributed by atoms with Crippen molar-refractivity contribution in [2.45, 2.75) is 18.8 Å². The van der Waals surface area contributed by atoms with Gasteiger partial charge in [0, 0.05) is 44.6 Å². The predicted octanol–water partition coefficient (Wildman–Crippen LogP) is 2.20. The number of furan rings is 1. The molecule has 1 aromatic rings. The van der Waals surface area contributed by atoms with Crippen LogP contribution in [0.25, 0.3) is 0 Å². The number of allylic oxidation sites excluding steroid dienone is 2. The molecule has 2 rings (SSSR count). The van der Waals surface area contributed by atoms with Crippen LogP contribution in [0.4, 0.5) is 0 Å². The Kier molecular flexibility index (Phi) is 3.42. The normalized spacial score (nSPS) is 20.7. The van der Waals surface area contributed by atoms with Crippen LogP contribution in [0.15, 0.2) is 39.6 Å². The van der Waals surface area contributed by atoms with Crippen LogP contribution in [-0.4, -0.2) is 31.1 Å². The first-order valence-electron chi connectivity index (χ1n) is 5.62. The average molecular weight is 232 g/mol. The van der Waals surface area contributed by atoms with Crippen LogP contribution < -0.4 is 0 Å². The van der Waals surface area contributed by atoms with Gasteiger partial charge >= 0.3 is 0 Å². The first-order valence-corrected chi connectivity index (χ1v) is 5.62. The smallest absolute Gasteiger partial charge is 0.158 e. The lowest BCUT2D eigenvalue weighted by Crippen LogP contribution is -2.13. The summed E-state index contributed by atoms with van der Waals surface area (Å²) in [5.41, 5.74) is 0.816. The van der Waals surface area contributed by atoms with Gasteiger partial charge in [-0.15, -0.1) is 0 Å². The second-order valence-corrected chi connectivity index (χ2v) is 4.43. The monoisotopic (exact) mass is 232 g/mol. The van der Waals surface area contributed by atoms with Gasteiger partial charge in [-0.25, -0.2) is 4.99 Å². The number of rotatable bonds is 3. The van der Waals surface area contributed by atoms with Gasteiger partial charge in [-0.3, -0.25) is 4.79 Å². The number of carbonyl (C=O) groups is 1. The van der Waals surface area contributed by atoms with Crippen molar-refractivity contribution < 1.29 is 9.21 Å². The van der Waals surface area contributed by atoms with Crippen LogP contribution in [0.2, 0.25) is 0 Å². The number of ketones is 1. The Balaban J connectivity index is 2.12. The third-order valence-electron chi connectivity index (χ3n) is 2.63. The van der Waals surface area contributed by atoms with E-state index in [-0.39, 0.29) is 11.7 Å². The van der Waals surface area contributed by atoms with Crippen LogP contribution >= 0.6 is 0 Å². The highest BCUT2D eigenvalue weighted by atomic mass is 16.3. The van der Waals surface area contributed by atoms with Gasteiger partial charge in [0.15, 0.2) is 5.78 Å². The van der Waals surface area contributed by atoms with Gasteiger partial charge in [0.2, 0.25) is 0 Å². The van der Waals surface area contributed by atoms with Gasteiger partial charge in [0.05, 0.1) is 12.6 Å². The van der Waals surface area contributed by atoms with E-state index in [1.807, 2.05) is 31.1 Å². The van der Waals surface area contributed by atoms with Crippen molar-refractivity contribution in [3.63, 3.8) is 0 Å². The minimum atomic E-state index is 0.114. The summed E-state index contributed by atoms with van der Waals surface area (Å²) >= 11 is 0. The standard InChI is InChI=1S/C13H16N2O2/c1-15(2)9-14-11-6-10(7-12(16)8-11)13-4-3-5-17-13/h3-5,8-10H,6-7H2,1-2H3. The summed E-state index contributed by atoms with van der Waals surface area (Å²) in [4.78, 5) is 17.8. The van der Waals surface area contributed by atoms with E-state index in [4.69, 9.17) is 4.42 Å². The maximum atomic E-state index is 11.6. The molecule has 1 aliphatic rings. The summed E-state index contributed by atoms with van der Waals surface area (Å²) in [6.45, 7) is 0. The van der Waals surface area contributed by atoms with Gasteiger partial charge < -0.3 is 9.32 Å². The number of hydrogen-bond donors (Lipinski definition) is 0. The lowest BCUT2D eigenvalue weighted by atomic mass is 9.89. The molecule has 0 saturated heterocycles. The van der Waals surface area contributed by atoms with Gasteiger partial charge in [-0.2, -0.15) is 0 Å². The summed E-state index contributed by atoms with van der Waals surface area (Å²) in [5, 5.41) is 0. The van der Waals surface area contributed by atoms with Crippen molar-refractivity contribution in [2.75, 3.05) is 14.1 Å². The Morgan fingerprint density at radius 1 is 1.47 bits per heavy atom. The minimum Gasteiger partial charge on any atom is -0.469 e. The molecule has 0 fully saturated rings. The quantitative estimate of drug-likeness (QED) is 0.593. The molecular weight excluding hydrogens is 216 g/mol. The minimum absolute atomic E-state index is 0.114. The predicted molar refractivity (Wildman–Crippen MR) is 66.0 cm³/mol. The molecule has 1 aromatic heterocycles. The maximum Gasteiger partial charge on any atom is 0.158 e. The Hall–Kier alpha value is -1.84. The van der Waals surface area contributed by atoms with Crippen molar-refractivity contribution in [1.82, 2.24) is 4.90 Å². The van der Waals surface area contributed by atoms with Gasteiger partial charge in [0.25, 0.3) is 0 Å². The molecule has 0 aliphatic heterocycles. The Morgan fingerprint density at radius 3 is 2.94 bits per heavy atom. The van der Waals surface area contributed by atoms with E-state index in [0.717, 1.165) is 17.9 Å². The fourth-order valence-electron chi connectivity index (χ4n) is 1.88. The van der Waals surface area contributed by atoms with Crippen molar-refractivity contribution in [2.24, 2.45) is 4.99 Å². The molecule has 1 unspecified atom stereocenters. The second kappa shape index (κ2) is 4.99. The number of aliphatic imine (C=N–C) groups is 1. The van der Waals surface area contributed by atoms with Crippen LogP contribution in [0.3, 0.4) is 0 Å². The Labute approximate surface area is 101 Å². The van der Waals surface area contributed by atoms with Crippen LogP contribution in [0, 0.1) is 0 Å². The zero-order valence-corrected chi connectivity index (χ0v) is 10.1. The lowest BCUT2D eigenvalue weighted by molar-refractivity contribution is -0.115. The van der Waals surface area contributed by atoms with Crippen LogP contribution in [-0.2, 0) is 4.79 Å².